The maximum Gasteiger partial charge on any atom is 0.308 e. The van der Waals surface area contributed by atoms with Gasteiger partial charge in [-0.15, -0.1) is 0 Å². The molecular formula is C10H12N2O3. The van der Waals surface area contributed by atoms with E-state index in [1.807, 2.05) is 0 Å². The first-order chi connectivity index (χ1) is 7.08. The molecule has 1 aromatic rings. The Morgan fingerprint density at radius 1 is 1.60 bits per heavy atom. The number of carboxylic acids is 1. The van der Waals surface area contributed by atoms with E-state index < -0.39 is 5.97 Å². The molecule has 0 radical (unpaired) electrons. The molecule has 1 aliphatic rings. The molecule has 2 rings (SSSR count). The number of aromatic nitrogens is 2. The molecule has 0 aliphatic heterocycles. The van der Waals surface area contributed by atoms with E-state index in [9.17, 15) is 9.59 Å². The average molecular weight is 208 g/mol. The van der Waals surface area contributed by atoms with Crippen LogP contribution in [0.5, 0.6) is 0 Å². The summed E-state index contributed by atoms with van der Waals surface area (Å²) >= 11 is 0. The number of hydrogen-bond donors (Lipinski definition) is 2. The molecule has 5 heteroatoms. The van der Waals surface area contributed by atoms with Crippen molar-refractivity contribution in [3.8, 4) is 0 Å². The second-order valence-electron chi connectivity index (χ2n) is 3.86. The lowest BCUT2D eigenvalue weighted by atomic mass is 10.1. The van der Waals surface area contributed by atoms with Crippen molar-refractivity contribution in [3.63, 3.8) is 0 Å². The van der Waals surface area contributed by atoms with E-state index in [0.29, 0.717) is 23.0 Å². The number of aliphatic carboxylic acids is 1. The molecule has 0 unspecified atom stereocenters. The van der Waals surface area contributed by atoms with Crippen molar-refractivity contribution in [1.82, 2.24) is 9.97 Å². The van der Waals surface area contributed by atoms with E-state index in [4.69, 9.17) is 5.11 Å². The first kappa shape index (κ1) is 9.89. The monoisotopic (exact) mass is 208 g/mol. The zero-order valence-corrected chi connectivity index (χ0v) is 8.41. The molecule has 0 aromatic carbocycles. The van der Waals surface area contributed by atoms with Gasteiger partial charge in [0.25, 0.3) is 5.56 Å². The van der Waals surface area contributed by atoms with Crippen LogP contribution < -0.4 is 5.56 Å². The Morgan fingerprint density at radius 2 is 2.27 bits per heavy atom. The normalized spacial score (nSPS) is 15.3. The quantitative estimate of drug-likeness (QED) is 0.761. The van der Waals surface area contributed by atoms with Crippen LogP contribution in [0.25, 0.3) is 0 Å². The molecule has 1 heterocycles. The SMILES string of the molecule is Cc1nc(C2CC2)c(CC(=O)O)c(=O)[nH]1. The van der Waals surface area contributed by atoms with E-state index in [0.717, 1.165) is 12.8 Å². The smallest absolute Gasteiger partial charge is 0.308 e. The van der Waals surface area contributed by atoms with E-state index in [2.05, 4.69) is 9.97 Å². The van der Waals surface area contributed by atoms with Crippen LogP contribution in [0, 0.1) is 6.92 Å². The standard InChI is InChI=1S/C10H12N2O3/c1-5-11-9(6-2-3-6)7(4-8(13)14)10(15)12-5/h6H,2-4H2,1H3,(H,13,14)(H,11,12,15). The predicted octanol–water partition coefficient (Wildman–Crippen LogP) is 0.583. The van der Waals surface area contributed by atoms with Crippen LogP contribution in [0.2, 0.25) is 0 Å². The largest absolute Gasteiger partial charge is 0.481 e. The Hall–Kier alpha value is -1.65. The van der Waals surface area contributed by atoms with Crippen molar-refractivity contribution in [3.05, 3.63) is 27.4 Å². The number of nitrogens with zero attached hydrogens (tertiary/aromatic N) is 1. The van der Waals surface area contributed by atoms with Crippen LogP contribution in [0.1, 0.15) is 35.8 Å². The maximum atomic E-state index is 11.6. The Labute approximate surface area is 86.2 Å². The van der Waals surface area contributed by atoms with Crippen LogP contribution in [0.15, 0.2) is 4.79 Å². The van der Waals surface area contributed by atoms with Gasteiger partial charge in [0, 0.05) is 5.92 Å². The topological polar surface area (TPSA) is 83.0 Å². The molecule has 0 bridgehead atoms. The molecule has 1 aliphatic carbocycles. The van der Waals surface area contributed by atoms with Gasteiger partial charge in [0.15, 0.2) is 0 Å². The van der Waals surface area contributed by atoms with Gasteiger partial charge in [-0.2, -0.15) is 0 Å². The zero-order valence-electron chi connectivity index (χ0n) is 8.41. The lowest BCUT2D eigenvalue weighted by molar-refractivity contribution is -0.136. The first-order valence-electron chi connectivity index (χ1n) is 4.89. The van der Waals surface area contributed by atoms with E-state index in [1.165, 1.54) is 0 Å². The van der Waals surface area contributed by atoms with Crippen LogP contribution in [0.4, 0.5) is 0 Å². The van der Waals surface area contributed by atoms with Gasteiger partial charge in [-0.3, -0.25) is 9.59 Å². The minimum Gasteiger partial charge on any atom is -0.481 e. The van der Waals surface area contributed by atoms with Crippen LogP contribution in [-0.2, 0) is 11.2 Å². The molecule has 5 nitrogen and oxygen atoms in total. The fourth-order valence-corrected chi connectivity index (χ4v) is 1.65. The molecule has 0 atom stereocenters. The Bertz CT molecular complexity index is 460. The van der Waals surface area contributed by atoms with Crippen molar-refractivity contribution in [1.29, 1.82) is 0 Å². The summed E-state index contributed by atoms with van der Waals surface area (Å²) in [7, 11) is 0. The lowest BCUT2D eigenvalue weighted by Gasteiger charge is -2.05. The summed E-state index contributed by atoms with van der Waals surface area (Å²) < 4.78 is 0. The average Bonchev–Trinajstić information content (AvgIpc) is 2.91. The van der Waals surface area contributed by atoms with E-state index >= 15 is 0 Å². The maximum absolute atomic E-state index is 11.6. The highest BCUT2D eigenvalue weighted by molar-refractivity contribution is 5.70. The lowest BCUT2D eigenvalue weighted by Crippen LogP contribution is -2.21. The third-order valence-corrected chi connectivity index (χ3v) is 2.46. The van der Waals surface area contributed by atoms with Gasteiger partial charge in [-0.25, -0.2) is 4.98 Å². The molecule has 0 saturated heterocycles. The summed E-state index contributed by atoms with van der Waals surface area (Å²) in [6.45, 7) is 1.71. The summed E-state index contributed by atoms with van der Waals surface area (Å²) in [5.41, 5.74) is 0.682. The molecule has 1 saturated carbocycles. The number of carboxylic acid groups (broad SMARTS) is 1. The van der Waals surface area contributed by atoms with Crippen molar-refractivity contribution in [2.75, 3.05) is 0 Å². The van der Waals surface area contributed by atoms with E-state index in [-0.39, 0.29) is 12.0 Å². The van der Waals surface area contributed by atoms with Gasteiger partial charge < -0.3 is 10.1 Å². The number of H-pyrrole nitrogens is 1. The van der Waals surface area contributed by atoms with Gasteiger partial charge in [-0.05, 0) is 19.8 Å². The fraction of sp³-hybridized carbons (Fsp3) is 0.500. The molecule has 0 spiro atoms. The zero-order chi connectivity index (χ0) is 11.0. The summed E-state index contributed by atoms with van der Waals surface area (Å²) in [6.07, 6.45) is 1.76. The molecule has 1 fully saturated rings. The predicted molar refractivity (Wildman–Crippen MR) is 52.9 cm³/mol. The van der Waals surface area contributed by atoms with Gasteiger partial charge >= 0.3 is 5.97 Å². The highest BCUT2D eigenvalue weighted by Crippen LogP contribution is 2.39. The second-order valence-corrected chi connectivity index (χ2v) is 3.86. The first-order valence-corrected chi connectivity index (χ1v) is 4.89. The highest BCUT2D eigenvalue weighted by Gasteiger charge is 2.29. The summed E-state index contributed by atoms with van der Waals surface area (Å²) in [6, 6.07) is 0. The van der Waals surface area contributed by atoms with Gasteiger partial charge in [0.2, 0.25) is 0 Å². The molecular weight excluding hydrogens is 196 g/mol. The highest BCUT2D eigenvalue weighted by atomic mass is 16.4. The molecule has 2 N–H and O–H groups in total. The van der Waals surface area contributed by atoms with Crippen molar-refractivity contribution in [2.45, 2.75) is 32.1 Å². The number of aromatic amines is 1. The molecule has 0 amide bonds. The fourth-order valence-electron chi connectivity index (χ4n) is 1.65. The number of hydrogen-bond acceptors (Lipinski definition) is 3. The van der Waals surface area contributed by atoms with Gasteiger partial charge in [0.1, 0.15) is 5.82 Å². The minimum atomic E-state index is -0.993. The van der Waals surface area contributed by atoms with Crippen molar-refractivity contribution >= 4 is 5.97 Å². The van der Waals surface area contributed by atoms with Crippen LogP contribution in [0.3, 0.4) is 0 Å². The Balaban J connectivity index is 2.48. The van der Waals surface area contributed by atoms with Crippen LogP contribution in [-0.4, -0.2) is 21.0 Å². The molecule has 1 aromatic heterocycles. The number of rotatable bonds is 3. The number of carbonyl (C=O) groups is 1. The third-order valence-electron chi connectivity index (χ3n) is 2.46. The third kappa shape index (κ3) is 2.06. The van der Waals surface area contributed by atoms with Crippen molar-refractivity contribution < 1.29 is 9.90 Å². The van der Waals surface area contributed by atoms with Crippen LogP contribution >= 0.6 is 0 Å². The Kier molecular flexibility index (Phi) is 2.30. The van der Waals surface area contributed by atoms with Gasteiger partial charge in [-0.1, -0.05) is 0 Å². The van der Waals surface area contributed by atoms with Crippen molar-refractivity contribution in [2.24, 2.45) is 0 Å². The Morgan fingerprint density at radius 3 is 2.80 bits per heavy atom. The number of aryl methyl sites for hydroxylation is 1. The summed E-state index contributed by atoms with van der Waals surface area (Å²) in [5.74, 6) is -0.149. The molecule has 15 heavy (non-hydrogen) atoms. The van der Waals surface area contributed by atoms with E-state index in [1.54, 1.807) is 6.92 Å². The summed E-state index contributed by atoms with van der Waals surface area (Å²) in [4.78, 5) is 29.0. The number of nitrogens with one attached hydrogen (secondary N) is 1. The summed E-state index contributed by atoms with van der Waals surface area (Å²) in [5, 5.41) is 8.71. The minimum absolute atomic E-state index is 0.242. The second kappa shape index (κ2) is 3.49. The van der Waals surface area contributed by atoms with Gasteiger partial charge in [0.05, 0.1) is 17.7 Å². The molecule has 80 valence electrons.